The summed E-state index contributed by atoms with van der Waals surface area (Å²) in [7, 11) is 0. The molecule has 134 valence electrons. The number of alkyl halides is 2. The zero-order valence-electron chi connectivity index (χ0n) is 14.3. The first kappa shape index (κ1) is 19.4. The van der Waals surface area contributed by atoms with Gasteiger partial charge in [0.25, 0.3) is 5.76 Å². The fraction of sp³-hybridized carbons (Fsp3) is 0.316. The maximum atomic E-state index is 12.9. The molecule has 2 rings (SSSR count). The van der Waals surface area contributed by atoms with Gasteiger partial charge in [0.05, 0.1) is 0 Å². The fourth-order valence-electron chi connectivity index (χ4n) is 2.68. The molecule has 2 aromatic rings. The summed E-state index contributed by atoms with van der Waals surface area (Å²) in [5.41, 5.74) is 1.52. The molecule has 1 atom stereocenters. The minimum absolute atomic E-state index is 0.135. The van der Waals surface area contributed by atoms with Crippen molar-refractivity contribution >= 4 is 23.4 Å². The number of rotatable bonds is 8. The second-order valence-corrected chi connectivity index (χ2v) is 6.49. The Bertz CT molecular complexity index is 661. The molecular weight excluding hydrogens is 342 g/mol. The molecule has 3 nitrogen and oxygen atoms in total. The van der Waals surface area contributed by atoms with Crippen LogP contribution in [0.1, 0.15) is 25.5 Å². The third kappa shape index (κ3) is 5.54. The van der Waals surface area contributed by atoms with Crippen molar-refractivity contribution in [2.24, 2.45) is 0 Å². The van der Waals surface area contributed by atoms with Gasteiger partial charge in [0.15, 0.2) is 0 Å². The first-order valence-electron chi connectivity index (χ1n) is 8.19. The summed E-state index contributed by atoms with van der Waals surface area (Å²) < 4.78 is 24.8. The van der Waals surface area contributed by atoms with Gasteiger partial charge in [-0.1, -0.05) is 55.9 Å². The van der Waals surface area contributed by atoms with Gasteiger partial charge in [-0.2, -0.15) is 8.78 Å². The minimum atomic E-state index is -2.45. The quantitative estimate of drug-likeness (QED) is 0.667. The van der Waals surface area contributed by atoms with Crippen LogP contribution >= 0.6 is 11.8 Å². The van der Waals surface area contributed by atoms with E-state index in [-0.39, 0.29) is 5.91 Å². The van der Waals surface area contributed by atoms with Crippen molar-refractivity contribution in [3.8, 4) is 0 Å². The van der Waals surface area contributed by atoms with E-state index in [9.17, 15) is 13.6 Å². The van der Waals surface area contributed by atoms with Gasteiger partial charge in [-0.25, -0.2) is 0 Å². The van der Waals surface area contributed by atoms with Crippen LogP contribution in [0.4, 0.5) is 14.5 Å². The van der Waals surface area contributed by atoms with E-state index in [4.69, 9.17) is 0 Å². The number of carbonyl (C=O) groups excluding carboxylic acids is 1. The van der Waals surface area contributed by atoms with Crippen LogP contribution in [-0.2, 0) is 4.79 Å². The van der Waals surface area contributed by atoms with Gasteiger partial charge in [0, 0.05) is 10.6 Å². The van der Waals surface area contributed by atoms with Crippen LogP contribution in [0.25, 0.3) is 0 Å². The Morgan fingerprint density at radius 3 is 2.16 bits per heavy atom. The van der Waals surface area contributed by atoms with E-state index >= 15 is 0 Å². The number of hydrogen-bond acceptors (Lipinski definition) is 3. The van der Waals surface area contributed by atoms with E-state index in [1.54, 1.807) is 24.3 Å². The Morgan fingerprint density at radius 1 is 1.04 bits per heavy atom. The SMILES string of the molecule is CCN(CC)C(C(=O)Nc1ccc(SC(F)F)cc1)c1ccccc1. The van der Waals surface area contributed by atoms with Crippen molar-refractivity contribution in [3.63, 3.8) is 0 Å². The largest absolute Gasteiger partial charge is 0.324 e. The molecule has 0 aromatic heterocycles. The fourth-order valence-corrected chi connectivity index (χ4v) is 3.18. The topological polar surface area (TPSA) is 32.3 Å². The number of carbonyl (C=O) groups is 1. The van der Waals surface area contributed by atoms with Crippen molar-refractivity contribution in [2.45, 2.75) is 30.5 Å². The molecule has 0 heterocycles. The van der Waals surface area contributed by atoms with Crippen LogP contribution in [0.3, 0.4) is 0 Å². The maximum Gasteiger partial charge on any atom is 0.288 e. The molecule has 0 saturated heterocycles. The standard InChI is InChI=1S/C19H22F2N2OS/c1-3-23(4-2)17(14-8-6-5-7-9-14)18(24)22-15-10-12-16(13-11-15)25-19(20)21/h5-13,17,19H,3-4H2,1-2H3,(H,22,24). The second-order valence-electron chi connectivity index (χ2n) is 5.43. The molecule has 1 unspecified atom stereocenters. The molecule has 0 fully saturated rings. The van der Waals surface area contributed by atoms with Crippen molar-refractivity contribution in [3.05, 3.63) is 60.2 Å². The Hall–Kier alpha value is -1.92. The third-order valence-electron chi connectivity index (χ3n) is 3.89. The van der Waals surface area contributed by atoms with Gasteiger partial charge >= 0.3 is 0 Å². The average molecular weight is 364 g/mol. The number of likely N-dealkylation sites (N-methyl/N-ethyl adjacent to an activating group) is 1. The molecule has 2 aromatic carbocycles. The molecule has 0 aliphatic rings. The smallest absolute Gasteiger partial charge is 0.288 e. The van der Waals surface area contributed by atoms with Gasteiger partial charge < -0.3 is 5.32 Å². The van der Waals surface area contributed by atoms with E-state index in [2.05, 4.69) is 10.2 Å². The molecule has 1 N–H and O–H groups in total. The molecular formula is C19H22F2N2OS. The number of nitrogens with zero attached hydrogens (tertiary/aromatic N) is 1. The Kier molecular flexibility index (Phi) is 7.40. The van der Waals surface area contributed by atoms with Crippen LogP contribution in [0.15, 0.2) is 59.5 Å². The Labute approximate surface area is 151 Å². The lowest BCUT2D eigenvalue weighted by molar-refractivity contribution is -0.121. The third-order valence-corrected chi connectivity index (χ3v) is 4.61. The lowest BCUT2D eigenvalue weighted by atomic mass is 10.0. The van der Waals surface area contributed by atoms with Crippen LogP contribution in [0.5, 0.6) is 0 Å². The highest BCUT2D eigenvalue weighted by molar-refractivity contribution is 7.99. The molecule has 25 heavy (non-hydrogen) atoms. The molecule has 0 bridgehead atoms. The van der Waals surface area contributed by atoms with Gasteiger partial charge in [-0.3, -0.25) is 9.69 Å². The van der Waals surface area contributed by atoms with E-state index < -0.39 is 11.8 Å². The van der Waals surface area contributed by atoms with E-state index in [0.717, 1.165) is 18.7 Å². The summed E-state index contributed by atoms with van der Waals surface area (Å²) in [6, 6.07) is 15.7. The van der Waals surface area contributed by atoms with Crippen LogP contribution in [0, 0.1) is 0 Å². The van der Waals surface area contributed by atoms with Crippen LogP contribution < -0.4 is 5.32 Å². The minimum Gasteiger partial charge on any atom is -0.324 e. The first-order chi connectivity index (χ1) is 12.0. The lowest BCUT2D eigenvalue weighted by Gasteiger charge is -2.29. The monoisotopic (exact) mass is 364 g/mol. The molecule has 0 radical (unpaired) electrons. The molecule has 0 aliphatic heterocycles. The number of amides is 1. The molecule has 6 heteroatoms. The summed E-state index contributed by atoms with van der Waals surface area (Å²) in [5.74, 6) is -2.59. The first-order valence-corrected chi connectivity index (χ1v) is 9.07. The number of benzene rings is 2. The Balaban J connectivity index is 2.16. The summed E-state index contributed by atoms with van der Waals surface area (Å²) >= 11 is 0.487. The summed E-state index contributed by atoms with van der Waals surface area (Å²) in [6.07, 6.45) is 0. The number of nitrogens with one attached hydrogen (secondary N) is 1. The normalized spacial score (nSPS) is 12.4. The molecule has 1 amide bonds. The second kappa shape index (κ2) is 9.53. The molecule has 0 spiro atoms. The summed E-state index contributed by atoms with van der Waals surface area (Å²) in [6.45, 7) is 5.52. The highest BCUT2D eigenvalue weighted by Crippen LogP contribution is 2.27. The Morgan fingerprint density at radius 2 is 1.64 bits per heavy atom. The average Bonchev–Trinajstić information content (AvgIpc) is 2.61. The maximum absolute atomic E-state index is 12.9. The van der Waals surface area contributed by atoms with Crippen molar-refractivity contribution in [1.29, 1.82) is 0 Å². The number of halogens is 2. The zero-order valence-corrected chi connectivity index (χ0v) is 15.1. The van der Waals surface area contributed by atoms with Crippen molar-refractivity contribution in [2.75, 3.05) is 18.4 Å². The van der Waals surface area contributed by atoms with Crippen LogP contribution in [0.2, 0.25) is 0 Å². The number of thioether (sulfide) groups is 1. The summed E-state index contributed by atoms with van der Waals surface area (Å²) in [4.78, 5) is 15.4. The zero-order chi connectivity index (χ0) is 18.2. The number of anilines is 1. The molecule has 0 aliphatic carbocycles. The lowest BCUT2D eigenvalue weighted by Crippen LogP contribution is -2.37. The number of hydrogen-bond donors (Lipinski definition) is 1. The van der Waals surface area contributed by atoms with E-state index in [0.29, 0.717) is 22.3 Å². The van der Waals surface area contributed by atoms with Gasteiger partial charge in [0.2, 0.25) is 5.91 Å². The predicted molar refractivity (Wildman–Crippen MR) is 99.0 cm³/mol. The van der Waals surface area contributed by atoms with Gasteiger partial charge in [0.1, 0.15) is 6.04 Å². The highest BCUT2D eigenvalue weighted by Gasteiger charge is 2.25. The predicted octanol–water partition coefficient (Wildman–Crippen LogP) is 5.02. The van der Waals surface area contributed by atoms with Crippen molar-refractivity contribution in [1.82, 2.24) is 4.90 Å². The molecule has 0 saturated carbocycles. The van der Waals surface area contributed by atoms with E-state index in [1.165, 1.54) is 0 Å². The van der Waals surface area contributed by atoms with Crippen molar-refractivity contribution < 1.29 is 13.6 Å². The highest BCUT2D eigenvalue weighted by atomic mass is 32.2. The summed E-state index contributed by atoms with van der Waals surface area (Å²) in [5, 5.41) is 2.89. The van der Waals surface area contributed by atoms with Crippen LogP contribution in [-0.4, -0.2) is 29.7 Å². The van der Waals surface area contributed by atoms with Gasteiger partial charge in [-0.15, -0.1) is 0 Å². The van der Waals surface area contributed by atoms with E-state index in [1.807, 2.05) is 44.2 Å². The van der Waals surface area contributed by atoms with Gasteiger partial charge in [-0.05, 0) is 42.9 Å².